The van der Waals surface area contributed by atoms with Crippen LogP contribution in [0.5, 0.6) is 0 Å². The lowest BCUT2D eigenvalue weighted by Crippen LogP contribution is -2.11. The van der Waals surface area contributed by atoms with E-state index in [1.54, 1.807) is 6.07 Å². The van der Waals surface area contributed by atoms with Crippen molar-refractivity contribution in [2.45, 2.75) is 13.8 Å². The van der Waals surface area contributed by atoms with Gasteiger partial charge in [-0.3, -0.25) is 4.79 Å². The van der Waals surface area contributed by atoms with Crippen LogP contribution in [0.3, 0.4) is 0 Å². The number of hydrogen-bond donors (Lipinski definition) is 2. The van der Waals surface area contributed by atoms with Crippen LogP contribution in [0.2, 0.25) is 0 Å². The van der Waals surface area contributed by atoms with Crippen molar-refractivity contribution in [3.8, 4) is 10.6 Å². The Bertz CT molecular complexity index is 547. The van der Waals surface area contributed by atoms with Crippen LogP contribution in [-0.4, -0.2) is 26.9 Å². The molecular weight excluding hydrogens is 226 g/mol. The molecule has 2 heterocycles. The van der Waals surface area contributed by atoms with Gasteiger partial charge in [0.15, 0.2) is 5.01 Å². The lowest BCUT2D eigenvalue weighted by Gasteiger charge is -1.95. The Hall–Kier alpha value is -1.76. The Kier molecular flexibility index (Phi) is 2.95. The Morgan fingerprint density at radius 1 is 1.50 bits per heavy atom. The zero-order valence-corrected chi connectivity index (χ0v) is 9.76. The molecule has 2 N–H and O–H groups in total. The minimum absolute atomic E-state index is 0.246. The van der Waals surface area contributed by atoms with Crippen molar-refractivity contribution in [3.05, 3.63) is 22.1 Å². The molecule has 0 saturated heterocycles. The lowest BCUT2D eigenvalue weighted by atomic mass is 10.3. The van der Waals surface area contributed by atoms with Gasteiger partial charge in [-0.25, -0.2) is 5.10 Å². The van der Waals surface area contributed by atoms with Gasteiger partial charge in [0.2, 0.25) is 5.13 Å². The standard InChI is InChI=1S/C9H11N5OS/c1-3-10-9-14-13-8(16-9)6-4-5(2)11-12-7(6)15/h4H,3H2,1-2H3,(H,10,14)(H,12,15). The zero-order valence-electron chi connectivity index (χ0n) is 8.94. The Balaban J connectivity index is 2.42. The molecule has 0 atom stereocenters. The van der Waals surface area contributed by atoms with E-state index in [2.05, 4.69) is 25.7 Å². The molecule has 0 bridgehead atoms. The maximum atomic E-state index is 11.5. The van der Waals surface area contributed by atoms with Gasteiger partial charge in [-0.1, -0.05) is 11.3 Å². The number of H-pyrrole nitrogens is 1. The van der Waals surface area contributed by atoms with Crippen LogP contribution in [0.15, 0.2) is 10.9 Å². The first-order chi connectivity index (χ1) is 7.70. The number of aromatic nitrogens is 4. The second-order valence-corrected chi connectivity index (χ2v) is 4.17. The van der Waals surface area contributed by atoms with E-state index in [9.17, 15) is 4.79 Å². The molecule has 0 unspecified atom stereocenters. The van der Waals surface area contributed by atoms with Gasteiger partial charge in [-0.15, -0.1) is 10.2 Å². The van der Waals surface area contributed by atoms with Crippen LogP contribution >= 0.6 is 11.3 Å². The predicted molar refractivity (Wildman–Crippen MR) is 62.7 cm³/mol. The van der Waals surface area contributed by atoms with E-state index in [0.717, 1.165) is 12.2 Å². The van der Waals surface area contributed by atoms with E-state index < -0.39 is 0 Å². The summed E-state index contributed by atoms with van der Waals surface area (Å²) in [5, 5.41) is 18.5. The molecule has 0 fully saturated rings. The number of hydrogen-bond acceptors (Lipinski definition) is 6. The van der Waals surface area contributed by atoms with Crippen molar-refractivity contribution < 1.29 is 0 Å². The Labute approximate surface area is 95.8 Å². The van der Waals surface area contributed by atoms with E-state index in [1.807, 2.05) is 13.8 Å². The third kappa shape index (κ3) is 2.08. The van der Waals surface area contributed by atoms with Gasteiger partial charge in [0.25, 0.3) is 5.56 Å². The smallest absolute Gasteiger partial charge is 0.274 e. The molecule has 0 aliphatic heterocycles. The van der Waals surface area contributed by atoms with Crippen molar-refractivity contribution >= 4 is 16.5 Å². The fourth-order valence-corrected chi connectivity index (χ4v) is 2.04. The number of nitrogens with zero attached hydrogens (tertiary/aromatic N) is 3. The van der Waals surface area contributed by atoms with Crippen molar-refractivity contribution in [3.63, 3.8) is 0 Å². The summed E-state index contributed by atoms with van der Waals surface area (Å²) in [5.41, 5.74) is 1.01. The molecule has 0 radical (unpaired) electrons. The summed E-state index contributed by atoms with van der Waals surface area (Å²) in [6, 6.07) is 1.70. The van der Waals surface area contributed by atoms with Crippen molar-refractivity contribution in [2.24, 2.45) is 0 Å². The highest BCUT2D eigenvalue weighted by Gasteiger charge is 2.10. The molecule has 0 saturated carbocycles. The molecule has 7 heteroatoms. The van der Waals surface area contributed by atoms with Crippen molar-refractivity contribution in [1.82, 2.24) is 20.4 Å². The predicted octanol–water partition coefficient (Wildman–Crippen LogP) is 1.03. The molecule has 0 aliphatic carbocycles. The number of aromatic amines is 1. The summed E-state index contributed by atoms with van der Waals surface area (Å²) in [7, 11) is 0. The first-order valence-electron chi connectivity index (χ1n) is 4.84. The monoisotopic (exact) mass is 237 g/mol. The molecule has 0 spiro atoms. The maximum Gasteiger partial charge on any atom is 0.274 e. The van der Waals surface area contributed by atoms with E-state index in [0.29, 0.717) is 15.7 Å². The third-order valence-electron chi connectivity index (χ3n) is 1.92. The van der Waals surface area contributed by atoms with Gasteiger partial charge in [-0.2, -0.15) is 5.10 Å². The topological polar surface area (TPSA) is 83.6 Å². The average molecular weight is 237 g/mol. The first-order valence-corrected chi connectivity index (χ1v) is 5.66. The largest absolute Gasteiger partial charge is 0.360 e. The van der Waals surface area contributed by atoms with Crippen LogP contribution in [0.25, 0.3) is 10.6 Å². The highest BCUT2D eigenvalue weighted by Crippen LogP contribution is 2.23. The van der Waals surface area contributed by atoms with E-state index in [4.69, 9.17) is 0 Å². The van der Waals surface area contributed by atoms with Gasteiger partial charge in [0.1, 0.15) is 0 Å². The summed E-state index contributed by atoms with van der Waals surface area (Å²) in [6.07, 6.45) is 0. The lowest BCUT2D eigenvalue weighted by molar-refractivity contribution is 0.945. The molecule has 0 aliphatic rings. The molecular formula is C9H11N5OS. The molecule has 2 rings (SSSR count). The van der Waals surface area contributed by atoms with E-state index in [1.165, 1.54) is 11.3 Å². The van der Waals surface area contributed by atoms with Crippen LogP contribution in [-0.2, 0) is 0 Å². The van der Waals surface area contributed by atoms with Crippen molar-refractivity contribution in [2.75, 3.05) is 11.9 Å². The summed E-state index contributed by atoms with van der Waals surface area (Å²) in [4.78, 5) is 11.5. The van der Waals surface area contributed by atoms with Crippen molar-refractivity contribution in [1.29, 1.82) is 0 Å². The van der Waals surface area contributed by atoms with Crippen LogP contribution < -0.4 is 10.9 Å². The zero-order chi connectivity index (χ0) is 11.5. The molecule has 84 valence electrons. The first kappa shape index (κ1) is 10.7. The fourth-order valence-electron chi connectivity index (χ4n) is 1.22. The van der Waals surface area contributed by atoms with Gasteiger partial charge in [0, 0.05) is 6.54 Å². The highest BCUT2D eigenvalue weighted by atomic mass is 32.1. The fraction of sp³-hybridized carbons (Fsp3) is 0.333. The molecule has 2 aromatic rings. The second kappa shape index (κ2) is 4.40. The number of nitrogens with one attached hydrogen (secondary N) is 2. The molecule has 0 amide bonds. The number of anilines is 1. The average Bonchev–Trinajstić information content (AvgIpc) is 2.71. The van der Waals surface area contributed by atoms with Crippen LogP contribution in [0.4, 0.5) is 5.13 Å². The normalized spacial score (nSPS) is 10.4. The summed E-state index contributed by atoms with van der Waals surface area (Å²) in [5.74, 6) is 0. The molecule has 2 aromatic heterocycles. The second-order valence-electron chi connectivity index (χ2n) is 3.19. The highest BCUT2D eigenvalue weighted by molar-refractivity contribution is 7.18. The molecule has 6 nitrogen and oxygen atoms in total. The van der Waals surface area contributed by atoms with E-state index in [-0.39, 0.29) is 5.56 Å². The molecule has 0 aromatic carbocycles. The SMILES string of the molecule is CCNc1nnc(-c2cc(C)n[nH]c2=O)s1. The van der Waals surface area contributed by atoms with Crippen LogP contribution in [0, 0.1) is 6.92 Å². The molecule has 16 heavy (non-hydrogen) atoms. The van der Waals surface area contributed by atoms with Gasteiger partial charge >= 0.3 is 0 Å². The van der Waals surface area contributed by atoms with Gasteiger partial charge < -0.3 is 5.32 Å². The Morgan fingerprint density at radius 3 is 3.06 bits per heavy atom. The summed E-state index contributed by atoms with van der Waals surface area (Å²) in [6.45, 7) is 4.57. The third-order valence-corrected chi connectivity index (χ3v) is 2.83. The number of aryl methyl sites for hydroxylation is 1. The minimum Gasteiger partial charge on any atom is -0.360 e. The summed E-state index contributed by atoms with van der Waals surface area (Å²) >= 11 is 1.35. The maximum absolute atomic E-state index is 11.5. The van der Waals surface area contributed by atoms with Gasteiger partial charge in [-0.05, 0) is 19.9 Å². The number of rotatable bonds is 3. The quantitative estimate of drug-likeness (QED) is 0.833. The van der Waals surface area contributed by atoms with Gasteiger partial charge in [0.05, 0.1) is 11.3 Å². The minimum atomic E-state index is -0.246. The van der Waals surface area contributed by atoms with Crippen LogP contribution in [0.1, 0.15) is 12.6 Å². The van der Waals surface area contributed by atoms with E-state index >= 15 is 0 Å². The summed E-state index contributed by atoms with van der Waals surface area (Å²) < 4.78 is 0. The Morgan fingerprint density at radius 2 is 2.31 bits per heavy atom.